The molecule has 0 N–H and O–H groups in total. The Kier molecular flexibility index (Phi) is 4.71. The molecular weight excluding hydrogens is 316 g/mol. The van der Waals surface area contributed by atoms with Crippen LogP contribution in [0.1, 0.15) is 43.2 Å². The van der Waals surface area contributed by atoms with Crippen molar-refractivity contribution in [1.82, 2.24) is 10.2 Å². The summed E-state index contributed by atoms with van der Waals surface area (Å²) in [6.07, 6.45) is 3.75. The highest BCUT2D eigenvalue weighted by Crippen LogP contribution is 2.29. The van der Waals surface area contributed by atoms with E-state index in [2.05, 4.69) is 28.9 Å². The highest BCUT2D eigenvalue weighted by atomic mass is 32.1. The maximum Gasteiger partial charge on any atom is 0.208 e. The monoisotopic (exact) mass is 335 g/mol. The van der Waals surface area contributed by atoms with Gasteiger partial charge in [0.05, 0.1) is 0 Å². The summed E-state index contributed by atoms with van der Waals surface area (Å²) in [7, 11) is 0. The van der Waals surface area contributed by atoms with Gasteiger partial charge in [0.15, 0.2) is 11.6 Å². The fraction of sp³-hybridized carbons (Fsp3) is 0.412. The molecule has 1 saturated heterocycles. The van der Waals surface area contributed by atoms with Crippen molar-refractivity contribution in [1.29, 1.82) is 0 Å². The summed E-state index contributed by atoms with van der Waals surface area (Å²) in [5.74, 6) is -1.21. The van der Waals surface area contributed by atoms with Gasteiger partial charge in [-0.15, -0.1) is 10.2 Å². The maximum atomic E-state index is 13.3. The lowest BCUT2D eigenvalue weighted by Crippen LogP contribution is -2.30. The summed E-state index contributed by atoms with van der Waals surface area (Å²) in [5, 5.41) is 10.5. The van der Waals surface area contributed by atoms with Crippen molar-refractivity contribution in [3.8, 4) is 0 Å². The molecule has 3 nitrogen and oxygen atoms in total. The van der Waals surface area contributed by atoms with E-state index < -0.39 is 11.6 Å². The zero-order valence-electron chi connectivity index (χ0n) is 13.2. The smallest absolute Gasteiger partial charge is 0.208 e. The second-order valence-electron chi connectivity index (χ2n) is 6.04. The van der Waals surface area contributed by atoms with Gasteiger partial charge in [-0.1, -0.05) is 42.9 Å². The third-order valence-electron chi connectivity index (χ3n) is 3.91. The molecule has 1 aliphatic heterocycles. The second-order valence-corrected chi connectivity index (χ2v) is 7.03. The van der Waals surface area contributed by atoms with E-state index in [1.165, 1.54) is 17.7 Å². The third kappa shape index (κ3) is 3.75. The largest absolute Gasteiger partial charge is 0.346 e. The molecule has 0 unspecified atom stereocenters. The number of benzene rings is 1. The number of rotatable bonds is 3. The number of aromatic nitrogens is 2. The molecule has 2 aromatic rings. The minimum absolute atomic E-state index is 0.398. The quantitative estimate of drug-likeness (QED) is 0.819. The topological polar surface area (TPSA) is 29.0 Å². The average Bonchev–Trinajstić information content (AvgIpc) is 3.02. The molecule has 0 saturated carbocycles. The molecule has 0 radical (unpaired) electrons. The van der Waals surface area contributed by atoms with E-state index in [1.807, 2.05) is 6.08 Å². The second kappa shape index (κ2) is 6.74. The van der Waals surface area contributed by atoms with E-state index in [0.29, 0.717) is 11.5 Å². The van der Waals surface area contributed by atoms with Crippen molar-refractivity contribution < 1.29 is 8.78 Å². The Labute approximate surface area is 138 Å². The summed E-state index contributed by atoms with van der Waals surface area (Å²) in [4.78, 5) is 2.24. The van der Waals surface area contributed by atoms with Crippen molar-refractivity contribution >= 4 is 22.5 Å². The van der Waals surface area contributed by atoms with Crippen molar-refractivity contribution in [2.24, 2.45) is 0 Å². The van der Waals surface area contributed by atoms with Gasteiger partial charge in [0.25, 0.3) is 0 Å². The standard InChI is InChI=1S/C17H19F2N3S/c1-11(2)16-20-21-17(23-16)22-7-5-12(6-8-22)9-13-3-4-14(18)15(19)10-13/h3-4,9-11H,5-8H2,1-2H3. The lowest BCUT2D eigenvalue weighted by molar-refractivity contribution is 0.508. The van der Waals surface area contributed by atoms with E-state index in [4.69, 9.17) is 0 Å². The lowest BCUT2D eigenvalue weighted by atomic mass is 10.0. The van der Waals surface area contributed by atoms with Gasteiger partial charge in [-0.25, -0.2) is 8.78 Å². The molecule has 0 aliphatic carbocycles. The van der Waals surface area contributed by atoms with Gasteiger partial charge in [0.1, 0.15) is 5.01 Å². The van der Waals surface area contributed by atoms with Crippen molar-refractivity contribution in [3.63, 3.8) is 0 Å². The molecule has 1 fully saturated rings. The Morgan fingerprint density at radius 2 is 1.87 bits per heavy atom. The first-order chi connectivity index (χ1) is 11.0. The summed E-state index contributed by atoms with van der Waals surface area (Å²) in [6, 6.07) is 4.03. The fourth-order valence-corrected chi connectivity index (χ4v) is 3.45. The van der Waals surface area contributed by atoms with Gasteiger partial charge in [0.2, 0.25) is 5.13 Å². The zero-order valence-corrected chi connectivity index (χ0v) is 14.0. The Morgan fingerprint density at radius 1 is 1.13 bits per heavy atom. The Bertz CT molecular complexity index is 714. The van der Waals surface area contributed by atoms with E-state index in [-0.39, 0.29) is 0 Å². The molecule has 1 aromatic carbocycles. The van der Waals surface area contributed by atoms with Gasteiger partial charge >= 0.3 is 0 Å². The summed E-state index contributed by atoms with van der Waals surface area (Å²) in [5.41, 5.74) is 1.96. The van der Waals surface area contributed by atoms with Crippen LogP contribution < -0.4 is 4.90 Å². The molecule has 0 atom stereocenters. The molecule has 122 valence electrons. The number of hydrogen-bond acceptors (Lipinski definition) is 4. The van der Waals surface area contributed by atoms with Crippen molar-refractivity contribution in [2.45, 2.75) is 32.6 Å². The maximum absolute atomic E-state index is 13.3. The summed E-state index contributed by atoms with van der Waals surface area (Å²) < 4.78 is 26.2. The first-order valence-electron chi connectivity index (χ1n) is 7.76. The number of halogens is 2. The Hall–Kier alpha value is -1.82. The van der Waals surface area contributed by atoms with Crippen LogP contribution in [-0.4, -0.2) is 23.3 Å². The molecule has 0 bridgehead atoms. The molecule has 3 rings (SSSR count). The molecule has 1 aliphatic rings. The molecule has 0 spiro atoms. The molecule has 23 heavy (non-hydrogen) atoms. The van der Waals surface area contributed by atoms with E-state index in [9.17, 15) is 8.78 Å². The predicted octanol–water partition coefficient (Wildman–Crippen LogP) is 4.62. The van der Waals surface area contributed by atoms with Gasteiger partial charge in [-0.3, -0.25) is 0 Å². The Morgan fingerprint density at radius 3 is 2.48 bits per heavy atom. The van der Waals surface area contributed by atoms with Gasteiger partial charge in [-0.05, 0) is 30.5 Å². The zero-order chi connectivity index (χ0) is 16.4. The number of anilines is 1. The first-order valence-corrected chi connectivity index (χ1v) is 8.57. The van der Waals surface area contributed by atoms with Crippen LogP contribution in [0.25, 0.3) is 6.08 Å². The van der Waals surface area contributed by atoms with Gasteiger partial charge in [0, 0.05) is 19.0 Å². The molecule has 1 aromatic heterocycles. The van der Waals surface area contributed by atoms with Crippen LogP contribution in [-0.2, 0) is 0 Å². The average molecular weight is 335 g/mol. The van der Waals surface area contributed by atoms with E-state index >= 15 is 0 Å². The minimum Gasteiger partial charge on any atom is -0.346 e. The van der Waals surface area contributed by atoms with Crippen LogP contribution in [0, 0.1) is 11.6 Å². The summed E-state index contributed by atoms with van der Waals surface area (Å²) in [6.45, 7) is 5.98. The molecule has 6 heteroatoms. The normalized spacial score (nSPS) is 15.3. The van der Waals surface area contributed by atoms with Crippen LogP contribution in [0.2, 0.25) is 0 Å². The number of piperidine rings is 1. The SMILES string of the molecule is CC(C)c1nnc(N2CCC(=Cc3ccc(F)c(F)c3)CC2)s1. The van der Waals surface area contributed by atoms with Crippen LogP contribution in [0.5, 0.6) is 0 Å². The van der Waals surface area contributed by atoms with Crippen LogP contribution in [0.3, 0.4) is 0 Å². The number of nitrogens with zero attached hydrogens (tertiary/aromatic N) is 3. The van der Waals surface area contributed by atoms with Crippen LogP contribution in [0.4, 0.5) is 13.9 Å². The van der Waals surface area contributed by atoms with Crippen LogP contribution in [0.15, 0.2) is 23.8 Å². The number of hydrogen-bond donors (Lipinski definition) is 0. The van der Waals surface area contributed by atoms with Gasteiger partial charge in [-0.2, -0.15) is 0 Å². The van der Waals surface area contributed by atoms with E-state index in [0.717, 1.165) is 36.1 Å². The minimum atomic E-state index is -0.806. The summed E-state index contributed by atoms with van der Waals surface area (Å²) >= 11 is 1.65. The van der Waals surface area contributed by atoms with E-state index in [1.54, 1.807) is 17.4 Å². The van der Waals surface area contributed by atoms with Crippen molar-refractivity contribution in [3.05, 3.63) is 46.0 Å². The highest BCUT2D eigenvalue weighted by molar-refractivity contribution is 7.15. The van der Waals surface area contributed by atoms with Crippen LogP contribution >= 0.6 is 11.3 Å². The van der Waals surface area contributed by atoms with Gasteiger partial charge < -0.3 is 4.90 Å². The third-order valence-corrected chi connectivity index (χ3v) is 5.20. The van der Waals surface area contributed by atoms with Crippen molar-refractivity contribution in [2.75, 3.05) is 18.0 Å². The fourth-order valence-electron chi connectivity index (χ4n) is 2.55. The molecule has 2 heterocycles. The lowest BCUT2D eigenvalue weighted by Gasteiger charge is -2.27. The predicted molar refractivity (Wildman–Crippen MR) is 89.8 cm³/mol. The highest BCUT2D eigenvalue weighted by Gasteiger charge is 2.18. The molecule has 0 amide bonds. The first kappa shape index (κ1) is 16.1. The molecular formula is C17H19F2N3S. The Balaban J connectivity index is 1.65.